The number of benzene rings is 2. The zero-order chi connectivity index (χ0) is 17.4. The standard InChI is InChI=1S/C18H20F2O4/c19-15-7-5-13(11-17(15)21)23-9-3-1-2-4-10-24-14-6-8-16(20)18(22)12-14/h5-8,11-12,21-22H,1-4,9-10H2. The van der Waals surface area contributed by atoms with Crippen molar-refractivity contribution in [3.8, 4) is 23.0 Å². The van der Waals surface area contributed by atoms with Gasteiger partial charge in [0.15, 0.2) is 23.1 Å². The maximum atomic E-state index is 12.9. The second-order valence-electron chi connectivity index (χ2n) is 5.34. The Bertz CT molecular complexity index is 604. The molecular weight excluding hydrogens is 318 g/mol. The summed E-state index contributed by atoms with van der Waals surface area (Å²) in [5.74, 6) is -1.30. The van der Waals surface area contributed by atoms with Crippen LogP contribution >= 0.6 is 0 Å². The zero-order valence-electron chi connectivity index (χ0n) is 13.2. The fourth-order valence-electron chi connectivity index (χ4n) is 2.10. The fraction of sp³-hybridized carbons (Fsp3) is 0.333. The molecule has 0 aliphatic rings. The second kappa shape index (κ2) is 8.96. The number of ether oxygens (including phenoxy) is 2. The van der Waals surface area contributed by atoms with Crippen LogP contribution in [0.4, 0.5) is 8.78 Å². The number of phenols is 2. The minimum Gasteiger partial charge on any atom is -0.505 e. The molecule has 6 heteroatoms. The molecule has 0 bridgehead atoms. The Morgan fingerprint density at radius 3 is 1.46 bits per heavy atom. The van der Waals surface area contributed by atoms with Gasteiger partial charge in [-0.2, -0.15) is 0 Å². The lowest BCUT2D eigenvalue weighted by Gasteiger charge is -2.08. The van der Waals surface area contributed by atoms with E-state index >= 15 is 0 Å². The highest BCUT2D eigenvalue weighted by molar-refractivity contribution is 5.33. The van der Waals surface area contributed by atoms with Crippen molar-refractivity contribution in [2.45, 2.75) is 25.7 Å². The number of halogens is 2. The van der Waals surface area contributed by atoms with Crippen molar-refractivity contribution in [1.82, 2.24) is 0 Å². The maximum absolute atomic E-state index is 12.9. The van der Waals surface area contributed by atoms with Gasteiger partial charge < -0.3 is 19.7 Å². The third-order valence-corrected chi connectivity index (χ3v) is 3.41. The van der Waals surface area contributed by atoms with E-state index in [2.05, 4.69) is 0 Å². The predicted octanol–water partition coefficient (Wildman–Crippen LogP) is 4.39. The van der Waals surface area contributed by atoms with Crippen LogP contribution in [0.3, 0.4) is 0 Å². The molecule has 0 atom stereocenters. The molecule has 0 aliphatic heterocycles. The van der Waals surface area contributed by atoms with Gasteiger partial charge in [0.05, 0.1) is 13.2 Å². The molecule has 0 fully saturated rings. The summed E-state index contributed by atoms with van der Waals surface area (Å²) >= 11 is 0. The minimum absolute atomic E-state index is 0.420. The third kappa shape index (κ3) is 5.61. The molecule has 0 radical (unpaired) electrons. The van der Waals surface area contributed by atoms with Gasteiger partial charge >= 0.3 is 0 Å². The van der Waals surface area contributed by atoms with Crippen molar-refractivity contribution in [3.63, 3.8) is 0 Å². The van der Waals surface area contributed by atoms with E-state index in [1.165, 1.54) is 24.3 Å². The first-order valence-electron chi connectivity index (χ1n) is 7.79. The van der Waals surface area contributed by atoms with Crippen molar-refractivity contribution >= 4 is 0 Å². The van der Waals surface area contributed by atoms with Gasteiger partial charge in [-0.3, -0.25) is 0 Å². The van der Waals surface area contributed by atoms with Crippen molar-refractivity contribution < 1.29 is 28.5 Å². The van der Waals surface area contributed by atoms with Gasteiger partial charge in [0.2, 0.25) is 0 Å². The van der Waals surface area contributed by atoms with Crippen LogP contribution in [0.1, 0.15) is 25.7 Å². The molecule has 2 aromatic carbocycles. The molecule has 0 heterocycles. The largest absolute Gasteiger partial charge is 0.505 e. The van der Waals surface area contributed by atoms with Gasteiger partial charge in [0.1, 0.15) is 11.5 Å². The minimum atomic E-state index is -0.670. The van der Waals surface area contributed by atoms with Crippen LogP contribution in [-0.4, -0.2) is 23.4 Å². The Kier molecular flexibility index (Phi) is 6.66. The lowest BCUT2D eigenvalue weighted by Crippen LogP contribution is -2.00. The van der Waals surface area contributed by atoms with E-state index in [0.717, 1.165) is 37.8 Å². The van der Waals surface area contributed by atoms with E-state index < -0.39 is 23.1 Å². The molecule has 2 aromatic rings. The van der Waals surface area contributed by atoms with Crippen molar-refractivity contribution in [2.24, 2.45) is 0 Å². The van der Waals surface area contributed by atoms with Crippen LogP contribution in [-0.2, 0) is 0 Å². The molecule has 0 aliphatic carbocycles. The van der Waals surface area contributed by atoms with Gasteiger partial charge in [-0.15, -0.1) is 0 Å². The number of unbranched alkanes of at least 4 members (excludes halogenated alkanes) is 3. The van der Waals surface area contributed by atoms with E-state index in [1.807, 2.05) is 0 Å². The molecule has 0 aromatic heterocycles. The lowest BCUT2D eigenvalue weighted by molar-refractivity contribution is 0.285. The van der Waals surface area contributed by atoms with E-state index in [0.29, 0.717) is 24.7 Å². The summed E-state index contributed by atoms with van der Waals surface area (Å²) in [7, 11) is 0. The number of rotatable bonds is 9. The summed E-state index contributed by atoms with van der Waals surface area (Å²) in [4.78, 5) is 0. The van der Waals surface area contributed by atoms with Crippen LogP contribution in [0.5, 0.6) is 23.0 Å². The SMILES string of the molecule is Oc1cc(OCCCCCCOc2ccc(F)c(O)c2)ccc1F. The van der Waals surface area contributed by atoms with Gasteiger partial charge in [-0.25, -0.2) is 8.78 Å². The Hall–Kier alpha value is -2.50. The summed E-state index contributed by atoms with van der Waals surface area (Å²) in [6, 6.07) is 7.77. The van der Waals surface area contributed by atoms with Crippen LogP contribution in [0.15, 0.2) is 36.4 Å². The van der Waals surface area contributed by atoms with Gasteiger partial charge in [0, 0.05) is 12.1 Å². The summed E-state index contributed by atoms with van der Waals surface area (Å²) in [5.41, 5.74) is 0. The van der Waals surface area contributed by atoms with Crippen molar-refractivity contribution in [1.29, 1.82) is 0 Å². The molecule has 0 amide bonds. The van der Waals surface area contributed by atoms with Gasteiger partial charge in [-0.1, -0.05) is 0 Å². The second-order valence-corrected chi connectivity index (χ2v) is 5.34. The normalized spacial score (nSPS) is 10.6. The van der Waals surface area contributed by atoms with Crippen molar-refractivity contribution in [3.05, 3.63) is 48.0 Å². The molecule has 0 saturated heterocycles. The first kappa shape index (κ1) is 17.8. The monoisotopic (exact) mass is 338 g/mol. The quantitative estimate of drug-likeness (QED) is 0.666. The number of hydrogen-bond donors (Lipinski definition) is 2. The molecule has 4 nitrogen and oxygen atoms in total. The molecule has 0 spiro atoms. The van der Waals surface area contributed by atoms with Crippen molar-refractivity contribution in [2.75, 3.05) is 13.2 Å². The Morgan fingerprint density at radius 2 is 1.08 bits per heavy atom. The van der Waals surface area contributed by atoms with Crippen LogP contribution < -0.4 is 9.47 Å². The Morgan fingerprint density at radius 1 is 0.667 bits per heavy atom. The lowest BCUT2D eigenvalue weighted by atomic mass is 10.2. The van der Waals surface area contributed by atoms with E-state index in [4.69, 9.17) is 9.47 Å². The first-order valence-corrected chi connectivity index (χ1v) is 7.79. The Balaban J connectivity index is 1.53. The highest BCUT2D eigenvalue weighted by Gasteiger charge is 2.03. The van der Waals surface area contributed by atoms with E-state index in [1.54, 1.807) is 0 Å². The molecule has 24 heavy (non-hydrogen) atoms. The Labute approximate surface area is 139 Å². The zero-order valence-corrected chi connectivity index (χ0v) is 13.2. The third-order valence-electron chi connectivity index (χ3n) is 3.41. The molecule has 0 unspecified atom stereocenters. The van der Waals surface area contributed by atoms with Crippen LogP contribution in [0, 0.1) is 11.6 Å². The highest BCUT2D eigenvalue weighted by Crippen LogP contribution is 2.23. The maximum Gasteiger partial charge on any atom is 0.165 e. The number of phenolic OH excluding ortho intramolecular Hbond substituents is 2. The number of hydrogen-bond acceptors (Lipinski definition) is 4. The summed E-state index contributed by atoms with van der Waals surface area (Å²) in [6.45, 7) is 0.968. The topological polar surface area (TPSA) is 58.9 Å². The summed E-state index contributed by atoms with van der Waals surface area (Å²) < 4.78 is 36.6. The van der Waals surface area contributed by atoms with Crippen LogP contribution in [0.25, 0.3) is 0 Å². The molecule has 2 N–H and O–H groups in total. The molecule has 130 valence electrons. The summed E-state index contributed by atoms with van der Waals surface area (Å²) in [6.07, 6.45) is 3.53. The van der Waals surface area contributed by atoms with Gasteiger partial charge in [-0.05, 0) is 49.9 Å². The van der Waals surface area contributed by atoms with E-state index in [-0.39, 0.29) is 0 Å². The highest BCUT2D eigenvalue weighted by atomic mass is 19.1. The smallest absolute Gasteiger partial charge is 0.165 e. The number of aromatic hydroxyl groups is 2. The predicted molar refractivity (Wildman–Crippen MR) is 85.6 cm³/mol. The fourth-order valence-corrected chi connectivity index (χ4v) is 2.10. The molecular formula is C18H20F2O4. The van der Waals surface area contributed by atoms with Crippen LogP contribution in [0.2, 0.25) is 0 Å². The molecule has 0 saturated carbocycles. The van der Waals surface area contributed by atoms with E-state index in [9.17, 15) is 19.0 Å². The molecule has 2 rings (SSSR count). The summed E-state index contributed by atoms with van der Waals surface area (Å²) in [5, 5.41) is 18.4. The van der Waals surface area contributed by atoms with Gasteiger partial charge in [0.25, 0.3) is 0 Å². The average molecular weight is 338 g/mol. The average Bonchev–Trinajstić information content (AvgIpc) is 2.56. The first-order chi connectivity index (χ1) is 11.6.